The molecule has 0 bridgehead atoms. The van der Waals surface area contributed by atoms with Gasteiger partial charge in [-0.15, -0.1) is 0 Å². The summed E-state index contributed by atoms with van der Waals surface area (Å²) in [6.45, 7) is 7.08. The maximum absolute atomic E-state index is 11.6. The Kier molecular flexibility index (Phi) is 6.22. The second-order valence-corrected chi connectivity index (χ2v) is 4.01. The van der Waals surface area contributed by atoms with Gasteiger partial charge < -0.3 is 14.2 Å². The molecule has 0 unspecified atom stereocenters. The first-order chi connectivity index (χ1) is 8.63. The van der Waals surface area contributed by atoms with Gasteiger partial charge in [0.2, 0.25) is 0 Å². The zero-order valence-corrected chi connectivity index (χ0v) is 11.1. The molecule has 0 aliphatic heterocycles. The van der Waals surface area contributed by atoms with Gasteiger partial charge in [-0.05, 0) is 45.0 Å². The lowest BCUT2D eigenvalue weighted by atomic mass is 10.2. The Balaban J connectivity index is 2.37. The van der Waals surface area contributed by atoms with Gasteiger partial charge in [-0.1, -0.05) is 0 Å². The quantitative estimate of drug-likeness (QED) is 0.553. The Labute approximate surface area is 108 Å². The highest BCUT2D eigenvalue weighted by Crippen LogP contribution is 2.12. The number of benzene rings is 1. The van der Waals surface area contributed by atoms with E-state index in [1.165, 1.54) is 0 Å². The number of hydrogen-bond donors (Lipinski definition) is 0. The maximum atomic E-state index is 11.6. The Morgan fingerprint density at radius 3 is 2.39 bits per heavy atom. The largest absolute Gasteiger partial charge is 0.494 e. The fraction of sp³-hybridized carbons (Fsp3) is 0.500. The zero-order chi connectivity index (χ0) is 13.4. The third kappa shape index (κ3) is 5.19. The minimum absolute atomic E-state index is 0.147. The fourth-order valence-electron chi connectivity index (χ4n) is 1.36. The van der Waals surface area contributed by atoms with Gasteiger partial charge in [-0.25, -0.2) is 4.79 Å². The van der Waals surface area contributed by atoms with E-state index in [4.69, 9.17) is 14.2 Å². The molecule has 0 heterocycles. The molecule has 0 saturated carbocycles. The monoisotopic (exact) mass is 252 g/mol. The van der Waals surface area contributed by atoms with Crippen molar-refractivity contribution in [3.8, 4) is 5.75 Å². The highest BCUT2D eigenvalue weighted by molar-refractivity contribution is 5.89. The topological polar surface area (TPSA) is 44.8 Å². The summed E-state index contributed by atoms with van der Waals surface area (Å²) in [7, 11) is 0. The van der Waals surface area contributed by atoms with Crippen LogP contribution in [0.25, 0.3) is 0 Å². The molecule has 0 aromatic heterocycles. The lowest BCUT2D eigenvalue weighted by Gasteiger charge is -2.08. The van der Waals surface area contributed by atoms with Gasteiger partial charge in [0.1, 0.15) is 12.4 Å². The summed E-state index contributed by atoms with van der Waals surface area (Å²) in [5, 5.41) is 0. The Morgan fingerprint density at radius 2 is 1.83 bits per heavy atom. The number of esters is 1. The van der Waals surface area contributed by atoms with E-state index in [2.05, 4.69) is 0 Å². The van der Waals surface area contributed by atoms with Crippen LogP contribution in [-0.2, 0) is 9.47 Å². The van der Waals surface area contributed by atoms with Crippen molar-refractivity contribution in [2.75, 3.05) is 19.8 Å². The second-order valence-electron chi connectivity index (χ2n) is 4.01. The number of carbonyl (C=O) groups excluding carboxylic acids is 1. The van der Waals surface area contributed by atoms with E-state index in [9.17, 15) is 4.79 Å². The fourth-order valence-corrected chi connectivity index (χ4v) is 1.36. The van der Waals surface area contributed by atoms with Crippen LogP contribution in [0, 0.1) is 0 Å². The van der Waals surface area contributed by atoms with Crippen LogP contribution in [0.2, 0.25) is 0 Å². The van der Waals surface area contributed by atoms with Gasteiger partial charge >= 0.3 is 5.97 Å². The SMILES string of the molecule is CCOc1ccc(C(=O)OCCOC(C)C)cc1. The molecule has 1 aromatic carbocycles. The summed E-state index contributed by atoms with van der Waals surface area (Å²) >= 11 is 0. The third-order valence-corrected chi connectivity index (χ3v) is 2.17. The van der Waals surface area contributed by atoms with Crippen LogP contribution < -0.4 is 4.74 Å². The average molecular weight is 252 g/mol. The molecule has 18 heavy (non-hydrogen) atoms. The van der Waals surface area contributed by atoms with Gasteiger partial charge in [0, 0.05) is 0 Å². The molecule has 0 fully saturated rings. The molecule has 100 valence electrons. The van der Waals surface area contributed by atoms with E-state index in [1.807, 2.05) is 20.8 Å². The molecule has 0 atom stereocenters. The molecule has 0 aliphatic carbocycles. The standard InChI is InChI=1S/C14H20O4/c1-4-16-13-7-5-12(6-8-13)14(15)18-10-9-17-11(2)3/h5-8,11H,4,9-10H2,1-3H3. The normalized spacial score (nSPS) is 10.4. The molecule has 4 heteroatoms. The van der Waals surface area contributed by atoms with Crippen LogP contribution in [0.15, 0.2) is 24.3 Å². The smallest absolute Gasteiger partial charge is 0.338 e. The summed E-state index contributed by atoms with van der Waals surface area (Å²) in [4.78, 5) is 11.6. The lowest BCUT2D eigenvalue weighted by Crippen LogP contribution is -2.13. The molecule has 1 aromatic rings. The van der Waals surface area contributed by atoms with Gasteiger partial charge in [0.05, 0.1) is 24.9 Å². The van der Waals surface area contributed by atoms with Crippen molar-refractivity contribution < 1.29 is 19.0 Å². The van der Waals surface area contributed by atoms with Crippen molar-refractivity contribution >= 4 is 5.97 Å². The van der Waals surface area contributed by atoms with E-state index in [0.29, 0.717) is 18.8 Å². The predicted octanol–water partition coefficient (Wildman–Crippen LogP) is 2.67. The lowest BCUT2D eigenvalue weighted by molar-refractivity contribution is 0.0177. The van der Waals surface area contributed by atoms with Gasteiger partial charge in [0.25, 0.3) is 0 Å². The molecule has 1 rings (SSSR count). The minimum atomic E-state index is -0.342. The summed E-state index contributed by atoms with van der Waals surface area (Å²) in [5.41, 5.74) is 0.517. The molecule has 0 radical (unpaired) electrons. The number of ether oxygens (including phenoxy) is 3. The van der Waals surface area contributed by atoms with E-state index in [0.717, 1.165) is 5.75 Å². The Hall–Kier alpha value is -1.55. The predicted molar refractivity (Wildman–Crippen MR) is 69.0 cm³/mol. The highest BCUT2D eigenvalue weighted by Gasteiger charge is 2.07. The molecule has 0 N–H and O–H groups in total. The third-order valence-electron chi connectivity index (χ3n) is 2.17. The summed E-state index contributed by atoms with van der Waals surface area (Å²) in [6.07, 6.45) is 0.147. The average Bonchev–Trinajstić information content (AvgIpc) is 2.35. The van der Waals surface area contributed by atoms with Crippen molar-refractivity contribution in [1.29, 1.82) is 0 Å². The van der Waals surface area contributed by atoms with Gasteiger partial charge in [0.15, 0.2) is 0 Å². The van der Waals surface area contributed by atoms with E-state index in [-0.39, 0.29) is 18.7 Å². The van der Waals surface area contributed by atoms with Crippen molar-refractivity contribution in [3.63, 3.8) is 0 Å². The molecule has 4 nitrogen and oxygen atoms in total. The first-order valence-corrected chi connectivity index (χ1v) is 6.15. The van der Waals surface area contributed by atoms with E-state index < -0.39 is 0 Å². The van der Waals surface area contributed by atoms with Crippen molar-refractivity contribution in [2.45, 2.75) is 26.9 Å². The van der Waals surface area contributed by atoms with Crippen LogP contribution >= 0.6 is 0 Å². The van der Waals surface area contributed by atoms with Crippen LogP contribution in [0.3, 0.4) is 0 Å². The Morgan fingerprint density at radius 1 is 1.17 bits per heavy atom. The van der Waals surface area contributed by atoms with Gasteiger partial charge in [-0.3, -0.25) is 0 Å². The zero-order valence-electron chi connectivity index (χ0n) is 11.1. The molecule has 0 spiro atoms. The summed E-state index contributed by atoms with van der Waals surface area (Å²) in [6, 6.07) is 6.89. The molecule has 0 aliphatic rings. The first-order valence-electron chi connectivity index (χ1n) is 6.15. The number of rotatable bonds is 7. The van der Waals surface area contributed by atoms with E-state index in [1.54, 1.807) is 24.3 Å². The molecule has 0 amide bonds. The van der Waals surface area contributed by atoms with Crippen LogP contribution in [-0.4, -0.2) is 31.9 Å². The second kappa shape index (κ2) is 7.71. The molecular weight excluding hydrogens is 232 g/mol. The van der Waals surface area contributed by atoms with Crippen LogP contribution in [0.4, 0.5) is 0 Å². The van der Waals surface area contributed by atoms with Crippen molar-refractivity contribution in [3.05, 3.63) is 29.8 Å². The van der Waals surface area contributed by atoms with Gasteiger partial charge in [-0.2, -0.15) is 0 Å². The Bertz CT molecular complexity index is 357. The number of hydrogen-bond acceptors (Lipinski definition) is 4. The van der Waals surface area contributed by atoms with Crippen molar-refractivity contribution in [1.82, 2.24) is 0 Å². The minimum Gasteiger partial charge on any atom is -0.494 e. The molecular formula is C14H20O4. The van der Waals surface area contributed by atoms with Crippen molar-refractivity contribution in [2.24, 2.45) is 0 Å². The van der Waals surface area contributed by atoms with Crippen LogP contribution in [0.1, 0.15) is 31.1 Å². The molecule has 0 saturated heterocycles. The van der Waals surface area contributed by atoms with Crippen LogP contribution in [0.5, 0.6) is 5.75 Å². The maximum Gasteiger partial charge on any atom is 0.338 e. The summed E-state index contributed by atoms with van der Waals surface area (Å²) in [5.74, 6) is 0.405. The highest BCUT2D eigenvalue weighted by atomic mass is 16.6. The first kappa shape index (κ1) is 14.5. The summed E-state index contributed by atoms with van der Waals surface area (Å²) < 4.78 is 15.6. The number of carbonyl (C=O) groups is 1. The van der Waals surface area contributed by atoms with E-state index >= 15 is 0 Å².